The van der Waals surface area contributed by atoms with Gasteiger partial charge in [-0.05, 0) is 18.6 Å². The van der Waals surface area contributed by atoms with Crippen LogP contribution < -0.4 is 0 Å². The lowest BCUT2D eigenvalue weighted by molar-refractivity contribution is -0.107. The summed E-state index contributed by atoms with van der Waals surface area (Å²) in [4.78, 5) is 26.6. The molecule has 0 aliphatic rings. The van der Waals surface area contributed by atoms with Crippen LogP contribution in [-0.4, -0.2) is 28.7 Å². The highest BCUT2D eigenvalue weighted by Crippen LogP contribution is 2.15. The lowest BCUT2D eigenvalue weighted by Gasteiger charge is -2.02. The molecule has 0 unspecified atom stereocenters. The number of aromatic nitrogens is 2. The van der Waals surface area contributed by atoms with Gasteiger partial charge in [0.15, 0.2) is 0 Å². The normalized spacial score (nSPS) is 10.6. The number of carbonyl (C=O) groups excluding carboxylic acids is 2. The van der Waals surface area contributed by atoms with Crippen LogP contribution in [-0.2, 0) is 22.4 Å². The lowest BCUT2D eigenvalue weighted by atomic mass is 10.2. The first-order chi connectivity index (χ1) is 8.71. The van der Waals surface area contributed by atoms with Gasteiger partial charge in [-0.1, -0.05) is 6.92 Å². The van der Waals surface area contributed by atoms with Gasteiger partial charge in [0.25, 0.3) is 0 Å². The van der Waals surface area contributed by atoms with Crippen LogP contribution in [0.5, 0.6) is 0 Å². The van der Waals surface area contributed by atoms with Crippen molar-refractivity contribution in [2.24, 2.45) is 0 Å². The molecule has 18 heavy (non-hydrogen) atoms. The van der Waals surface area contributed by atoms with Crippen molar-refractivity contribution < 1.29 is 14.3 Å². The molecule has 0 aromatic carbocycles. The van der Waals surface area contributed by atoms with Crippen molar-refractivity contribution in [3.63, 3.8) is 0 Å². The van der Waals surface area contributed by atoms with Crippen LogP contribution in [0.25, 0.3) is 5.65 Å². The third-order valence-corrected chi connectivity index (χ3v) is 2.83. The number of nitrogens with zero attached hydrogens (tertiary/aromatic N) is 2. The van der Waals surface area contributed by atoms with Crippen molar-refractivity contribution in [1.82, 2.24) is 9.38 Å². The summed E-state index contributed by atoms with van der Waals surface area (Å²) in [5, 5.41) is 0. The zero-order valence-electron chi connectivity index (χ0n) is 10.3. The Kier molecular flexibility index (Phi) is 3.41. The molecule has 0 aliphatic carbocycles. The van der Waals surface area contributed by atoms with Crippen LogP contribution >= 0.6 is 0 Å². The first-order valence-corrected chi connectivity index (χ1v) is 5.73. The zero-order valence-corrected chi connectivity index (χ0v) is 10.3. The highest BCUT2D eigenvalue weighted by molar-refractivity contribution is 5.89. The Balaban J connectivity index is 2.62. The van der Waals surface area contributed by atoms with E-state index >= 15 is 0 Å². The van der Waals surface area contributed by atoms with Crippen molar-refractivity contribution >= 4 is 17.9 Å². The number of methoxy groups -OCH3 is 1. The summed E-state index contributed by atoms with van der Waals surface area (Å²) in [7, 11) is 1.34. The van der Waals surface area contributed by atoms with E-state index in [1.807, 2.05) is 6.92 Å². The molecule has 0 N–H and O–H groups in total. The number of rotatable bonds is 4. The molecule has 0 aliphatic heterocycles. The number of fused-ring (bicyclic) bond motifs is 1. The number of aryl methyl sites for hydroxylation is 1. The van der Waals surface area contributed by atoms with Crippen molar-refractivity contribution in [2.45, 2.75) is 19.8 Å². The minimum absolute atomic E-state index is 0.287. The second-order valence-electron chi connectivity index (χ2n) is 3.87. The molecule has 0 atom stereocenters. The first kappa shape index (κ1) is 12.3. The molecule has 2 aromatic rings. The number of ether oxygens (including phenoxy) is 1. The number of esters is 1. The van der Waals surface area contributed by atoms with Gasteiger partial charge in [-0.2, -0.15) is 0 Å². The minimum Gasteiger partial charge on any atom is -0.465 e. The van der Waals surface area contributed by atoms with E-state index in [0.29, 0.717) is 5.56 Å². The number of hydrogen-bond donors (Lipinski definition) is 0. The van der Waals surface area contributed by atoms with E-state index in [1.165, 1.54) is 7.11 Å². The maximum Gasteiger partial charge on any atom is 0.339 e. The van der Waals surface area contributed by atoms with Gasteiger partial charge in [0.2, 0.25) is 0 Å². The van der Waals surface area contributed by atoms with Crippen LogP contribution in [0.4, 0.5) is 0 Å². The number of carbonyl (C=O) groups is 2. The van der Waals surface area contributed by atoms with Gasteiger partial charge in [-0.25, -0.2) is 9.78 Å². The van der Waals surface area contributed by atoms with Gasteiger partial charge >= 0.3 is 5.97 Å². The molecule has 2 aromatic heterocycles. The van der Waals surface area contributed by atoms with Crippen molar-refractivity contribution in [1.29, 1.82) is 0 Å². The molecule has 0 bridgehead atoms. The number of pyridine rings is 1. The van der Waals surface area contributed by atoms with Gasteiger partial charge < -0.3 is 13.9 Å². The molecule has 2 rings (SSSR count). The third kappa shape index (κ3) is 1.99. The van der Waals surface area contributed by atoms with Gasteiger partial charge in [0.05, 0.1) is 24.1 Å². The molecular weight excluding hydrogens is 232 g/mol. The largest absolute Gasteiger partial charge is 0.465 e. The smallest absolute Gasteiger partial charge is 0.339 e. The van der Waals surface area contributed by atoms with Crippen molar-refractivity contribution in [3.05, 3.63) is 35.3 Å². The highest BCUT2D eigenvalue weighted by atomic mass is 16.5. The standard InChI is InChI=1S/C13H14N2O3/c1-3-10-11(6-7-16)15-8-9(13(17)18-2)4-5-12(15)14-10/h4-5,7-8H,3,6H2,1-2H3. The molecule has 94 valence electrons. The Morgan fingerprint density at radius 3 is 2.89 bits per heavy atom. The summed E-state index contributed by atoms with van der Waals surface area (Å²) in [6, 6.07) is 3.41. The minimum atomic E-state index is -0.402. The molecule has 5 nitrogen and oxygen atoms in total. The lowest BCUT2D eigenvalue weighted by Crippen LogP contribution is -2.04. The Morgan fingerprint density at radius 1 is 1.50 bits per heavy atom. The molecule has 0 saturated heterocycles. The Hall–Kier alpha value is -2.17. The number of hydrogen-bond acceptors (Lipinski definition) is 4. The van der Waals surface area contributed by atoms with Crippen LogP contribution in [0.15, 0.2) is 18.3 Å². The summed E-state index contributed by atoms with van der Waals surface area (Å²) in [6.45, 7) is 1.98. The topological polar surface area (TPSA) is 60.7 Å². The van der Waals surface area contributed by atoms with Crippen LogP contribution in [0.1, 0.15) is 28.7 Å². The molecular formula is C13H14N2O3. The number of imidazole rings is 1. The van der Waals surface area contributed by atoms with Gasteiger partial charge in [-0.3, -0.25) is 0 Å². The Labute approximate surface area is 104 Å². The first-order valence-electron chi connectivity index (χ1n) is 5.73. The SMILES string of the molecule is CCc1nc2ccc(C(=O)OC)cn2c1CC=O. The summed E-state index contributed by atoms with van der Waals surface area (Å²) in [5.41, 5.74) is 2.88. The summed E-state index contributed by atoms with van der Waals surface area (Å²) in [6.07, 6.45) is 3.53. The molecule has 0 fully saturated rings. The molecule has 2 heterocycles. The quantitative estimate of drug-likeness (QED) is 0.604. The molecule has 0 amide bonds. The molecule has 0 saturated carbocycles. The van der Waals surface area contributed by atoms with Gasteiger partial charge in [-0.15, -0.1) is 0 Å². The summed E-state index contributed by atoms with van der Waals surface area (Å²) in [5.74, 6) is -0.402. The monoisotopic (exact) mass is 246 g/mol. The molecule has 0 radical (unpaired) electrons. The van der Waals surface area contributed by atoms with E-state index in [0.717, 1.165) is 29.7 Å². The Morgan fingerprint density at radius 2 is 2.28 bits per heavy atom. The van der Waals surface area contributed by atoms with Crippen LogP contribution in [0.2, 0.25) is 0 Å². The van der Waals surface area contributed by atoms with Crippen LogP contribution in [0.3, 0.4) is 0 Å². The van der Waals surface area contributed by atoms with E-state index in [2.05, 4.69) is 9.72 Å². The summed E-state index contributed by atoms with van der Waals surface area (Å²) < 4.78 is 6.45. The van der Waals surface area contributed by atoms with Crippen LogP contribution in [0, 0.1) is 0 Å². The fourth-order valence-electron chi connectivity index (χ4n) is 1.96. The van der Waals surface area contributed by atoms with Gasteiger partial charge in [0.1, 0.15) is 11.9 Å². The highest BCUT2D eigenvalue weighted by Gasteiger charge is 2.13. The second-order valence-corrected chi connectivity index (χ2v) is 3.87. The predicted octanol–water partition coefficient (Wildman–Crippen LogP) is 1.42. The van der Waals surface area contributed by atoms with E-state index in [4.69, 9.17) is 0 Å². The zero-order chi connectivity index (χ0) is 13.1. The van der Waals surface area contributed by atoms with E-state index in [9.17, 15) is 9.59 Å². The second kappa shape index (κ2) is 5.00. The maximum atomic E-state index is 11.5. The Bertz CT molecular complexity index is 602. The third-order valence-electron chi connectivity index (χ3n) is 2.83. The van der Waals surface area contributed by atoms with E-state index < -0.39 is 5.97 Å². The average Bonchev–Trinajstić information content (AvgIpc) is 2.75. The summed E-state index contributed by atoms with van der Waals surface area (Å²) >= 11 is 0. The maximum absolute atomic E-state index is 11.5. The van der Waals surface area contributed by atoms with Crippen molar-refractivity contribution in [3.8, 4) is 0 Å². The predicted molar refractivity (Wildman–Crippen MR) is 65.7 cm³/mol. The number of aldehydes is 1. The van der Waals surface area contributed by atoms with E-state index in [-0.39, 0.29) is 6.42 Å². The van der Waals surface area contributed by atoms with Gasteiger partial charge in [0, 0.05) is 12.6 Å². The van der Waals surface area contributed by atoms with Crippen molar-refractivity contribution in [2.75, 3.05) is 7.11 Å². The fraction of sp³-hybridized carbons (Fsp3) is 0.308. The average molecular weight is 246 g/mol. The van der Waals surface area contributed by atoms with E-state index in [1.54, 1.807) is 22.7 Å². The molecule has 0 spiro atoms. The fourth-order valence-corrected chi connectivity index (χ4v) is 1.96. The molecule has 5 heteroatoms.